The van der Waals surface area contributed by atoms with Crippen molar-refractivity contribution in [3.05, 3.63) is 75.1 Å². The Labute approximate surface area is 212 Å². The molecule has 184 valence electrons. The topological polar surface area (TPSA) is 87.7 Å². The lowest BCUT2D eigenvalue weighted by Crippen LogP contribution is -2.40. The molecule has 9 heteroatoms. The first-order chi connectivity index (χ1) is 16.8. The van der Waals surface area contributed by atoms with Gasteiger partial charge in [-0.1, -0.05) is 23.7 Å². The van der Waals surface area contributed by atoms with Crippen LogP contribution in [-0.4, -0.2) is 52.4 Å². The number of aromatic amines is 1. The van der Waals surface area contributed by atoms with Crippen molar-refractivity contribution in [1.82, 2.24) is 14.9 Å². The molecule has 4 aromatic rings. The first-order valence-corrected chi connectivity index (χ1v) is 12.5. The Morgan fingerprint density at radius 2 is 1.80 bits per heavy atom. The number of fused-ring (bicyclic) bond motifs is 1. The fraction of sp³-hybridized carbons (Fsp3) is 0.308. The molecule has 0 fully saturated rings. The number of hydrogen-bond acceptors (Lipinski definition) is 7. The highest BCUT2D eigenvalue weighted by atomic mass is 35.5. The van der Waals surface area contributed by atoms with Crippen molar-refractivity contribution >= 4 is 33.2 Å². The Balaban J connectivity index is 1.47. The van der Waals surface area contributed by atoms with Gasteiger partial charge in [0.05, 0.1) is 19.0 Å². The number of ether oxygens (including phenoxy) is 2. The first kappa shape index (κ1) is 25.2. The summed E-state index contributed by atoms with van der Waals surface area (Å²) in [5.41, 5.74) is 1.61. The van der Waals surface area contributed by atoms with Crippen molar-refractivity contribution in [2.45, 2.75) is 32.5 Å². The van der Waals surface area contributed by atoms with Gasteiger partial charge in [-0.05, 0) is 55.8 Å². The second-order valence-electron chi connectivity index (χ2n) is 8.51. The molecule has 2 aromatic heterocycles. The van der Waals surface area contributed by atoms with Gasteiger partial charge in [0.2, 0.25) is 0 Å². The van der Waals surface area contributed by atoms with Crippen LogP contribution in [0.15, 0.2) is 58.7 Å². The molecular formula is C26H28ClN3O4S. The number of aliphatic hydroxyl groups is 1. The molecule has 2 N–H and O–H groups in total. The van der Waals surface area contributed by atoms with Crippen molar-refractivity contribution in [1.29, 1.82) is 0 Å². The van der Waals surface area contributed by atoms with Gasteiger partial charge >= 0.3 is 0 Å². The Morgan fingerprint density at radius 1 is 1.11 bits per heavy atom. The van der Waals surface area contributed by atoms with E-state index in [4.69, 9.17) is 26.1 Å². The number of rotatable bonds is 10. The fourth-order valence-corrected chi connectivity index (χ4v) is 4.84. The average Bonchev–Trinajstić information content (AvgIpc) is 3.28. The van der Waals surface area contributed by atoms with Crippen LogP contribution in [0.4, 0.5) is 0 Å². The van der Waals surface area contributed by atoms with E-state index in [2.05, 4.69) is 9.88 Å². The van der Waals surface area contributed by atoms with Crippen LogP contribution in [0.3, 0.4) is 0 Å². The van der Waals surface area contributed by atoms with E-state index in [1.54, 1.807) is 31.4 Å². The van der Waals surface area contributed by atoms with Gasteiger partial charge in [0, 0.05) is 28.6 Å². The number of thiophene rings is 1. The first-order valence-electron chi connectivity index (χ1n) is 11.3. The second-order valence-corrected chi connectivity index (χ2v) is 9.81. The van der Waals surface area contributed by atoms with Crippen LogP contribution in [0.2, 0.25) is 5.02 Å². The number of aromatic nitrogens is 2. The Kier molecular flexibility index (Phi) is 8.07. The lowest BCUT2D eigenvalue weighted by molar-refractivity contribution is 0.0533. The summed E-state index contributed by atoms with van der Waals surface area (Å²) in [7, 11) is 1.62. The smallest absolute Gasteiger partial charge is 0.260 e. The summed E-state index contributed by atoms with van der Waals surface area (Å²) in [6.07, 6.45) is -0.716. The lowest BCUT2D eigenvalue weighted by atomic mass is 10.1. The van der Waals surface area contributed by atoms with Gasteiger partial charge in [-0.2, -0.15) is 0 Å². The molecule has 0 aliphatic heterocycles. The zero-order valence-corrected chi connectivity index (χ0v) is 21.4. The van der Waals surface area contributed by atoms with Gasteiger partial charge in [0.15, 0.2) is 0 Å². The van der Waals surface area contributed by atoms with Crippen molar-refractivity contribution in [3.63, 3.8) is 0 Å². The highest BCUT2D eigenvalue weighted by Crippen LogP contribution is 2.31. The number of halogens is 1. The van der Waals surface area contributed by atoms with E-state index in [1.807, 2.05) is 43.5 Å². The molecule has 0 spiro atoms. The number of H-pyrrole nitrogens is 1. The van der Waals surface area contributed by atoms with Crippen LogP contribution < -0.4 is 15.0 Å². The molecule has 1 atom stereocenters. The van der Waals surface area contributed by atoms with E-state index in [1.165, 1.54) is 11.3 Å². The van der Waals surface area contributed by atoms with Gasteiger partial charge in [0.1, 0.15) is 34.9 Å². The SMILES string of the molecule is COc1ccc(-c2csc3nc(CN(CC(O)COc4ccc(Cl)cc4)C(C)C)[nH]c(=O)c23)cc1. The average molecular weight is 514 g/mol. The van der Waals surface area contributed by atoms with Crippen molar-refractivity contribution in [2.24, 2.45) is 0 Å². The quantitative estimate of drug-likeness (QED) is 0.311. The molecule has 2 heterocycles. The van der Waals surface area contributed by atoms with Gasteiger partial charge in [-0.3, -0.25) is 9.69 Å². The van der Waals surface area contributed by atoms with Crippen molar-refractivity contribution in [2.75, 3.05) is 20.3 Å². The number of hydrogen-bond donors (Lipinski definition) is 2. The second kappa shape index (κ2) is 11.2. The summed E-state index contributed by atoms with van der Waals surface area (Å²) in [6.45, 7) is 4.99. The van der Waals surface area contributed by atoms with Gasteiger partial charge in [0.25, 0.3) is 5.56 Å². The maximum Gasteiger partial charge on any atom is 0.260 e. The fourth-order valence-electron chi connectivity index (χ4n) is 3.75. The molecule has 2 aromatic carbocycles. The Bertz CT molecular complexity index is 1320. The van der Waals surface area contributed by atoms with E-state index in [9.17, 15) is 9.90 Å². The van der Waals surface area contributed by atoms with Crippen LogP contribution in [0.25, 0.3) is 21.3 Å². The van der Waals surface area contributed by atoms with Crippen molar-refractivity contribution < 1.29 is 14.6 Å². The van der Waals surface area contributed by atoms with E-state index in [-0.39, 0.29) is 18.2 Å². The summed E-state index contributed by atoms with van der Waals surface area (Å²) in [5, 5.41) is 13.7. The normalized spacial score (nSPS) is 12.4. The highest BCUT2D eigenvalue weighted by Gasteiger charge is 2.19. The zero-order valence-electron chi connectivity index (χ0n) is 19.8. The zero-order chi connectivity index (χ0) is 24.9. The lowest BCUT2D eigenvalue weighted by Gasteiger charge is -2.28. The van der Waals surface area contributed by atoms with Crippen LogP contribution in [-0.2, 0) is 6.54 Å². The van der Waals surface area contributed by atoms with E-state index < -0.39 is 6.10 Å². The molecule has 0 saturated carbocycles. The van der Waals surface area contributed by atoms with Gasteiger partial charge < -0.3 is 19.6 Å². The minimum absolute atomic E-state index is 0.124. The van der Waals surface area contributed by atoms with Gasteiger partial charge in [-0.15, -0.1) is 11.3 Å². The summed E-state index contributed by atoms with van der Waals surface area (Å²) < 4.78 is 10.9. The molecule has 0 saturated heterocycles. The minimum atomic E-state index is -0.716. The summed E-state index contributed by atoms with van der Waals surface area (Å²) in [5.74, 6) is 1.97. The van der Waals surface area contributed by atoms with E-state index in [0.717, 1.165) is 16.9 Å². The largest absolute Gasteiger partial charge is 0.497 e. The van der Waals surface area contributed by atoms with Crippen molar-refractivity contribution in [3.8, 4) is 22.6 Å². The molecule has 0 radical (unpaired) electrons. The number of nitrogens with one attached hydrogen (secondary N) is 1. The van der Waals surface area contributed by atoms with Crippen LogP contribution in [0.5, 0.6) is 11.5 Å². The molecule has 7 nitrogen and oxygen atoms in total. The number of aliphatic hydroxyl groups excluding tert-OH is 1. The van der Waals surface area contributed by atoms with Crippen LogP contribution in [0.1, 0.15) is 19.7 Å². The Morgan fingerprint density at radius 3 is 2.46 bits per heavy atom. The van der Waals surface area contributed by atoms with Crippen LogP contribution in [0, 0.1) is 0 Å². The summed E-state index contributed by atoms with van der Waals surface area (Å²) >= 11 is 7.34. The maximum absolute atomic E-state index is 13.0. The molecular weight excluding hydrogens is 486 g/mol. The molecule has 35 heavy (non-hydrogen) atoms. The number of nitrogens with zero attached hydrogens (tertiary/aromatic N) is 2. The van der Waals surface area contributed by atoms with E-state index >= 15 is 0 Å². The monoisotopic (exact) mass is 513 g/mol. The third-order valence-electron chi connectivity index (χ3n) is 5.68. The number of benzene rings is 2. The molecule has 0 aliphatic carbocycles. The Hall–Kier alpha value is -2.91. The highest BCUT2D eigenvalue weighted by molar-refractivity contribution is 7.17. The number of methoxy groups -OCH3 is 1. The molecule has 0 bridgehead atoms. The minimum Gasteiger partial charge on any atom is -0.497 e. The van der Waals surface area contributed by atoms with Gasteiger partial charge in [-0.25, -0.2) is 4.98 Å². The predicted octanol–water partition coefficient (Wildman–Crippen LogP) is 4.96. The molecule has 1 unspecified atom stereocenters. The summed E-state index contributed by atoms with van der Waals surface area (Å²) in [4.78, 5) is 23.4. The molecule has 0 amide bonds. The van der Waals surface area contributed by atoms with Crippen LogP contribution >= 0.6 is 22.9 Å². The molecule has 0 aliphatic rings. The summed E-state index contributed by atoms with van der Waals surface area (Å²) in [6, 6.07) is 14.7. The maximum atomic E-state index is 13.0. The molecule has 4 rings (SSSR count). The van der Waals surface area contributed by atoms with E-state index in [0.29, 0.717) is 39.9 Å². The third kappa shape index (κ3) is 6.21. The predicted molar refractivity (Wildman–Crippen MR) is 141 cm³/mol. The third-order valence-corrected chi connectivity index (χ3v) is 6.80. The standard InChI is InChI=1S/C26H28ClN3O4S/c1-16(2)30(12-19(31)14-34-21-10-6-18(27)7-11-21)13-23-28-25(32)24-22(15-35-26(24)29-23)17-4-8-20(33-3)9-5-17/h4-11,15-16,19,31H,12-14H2,1-3H3,(H,28,29,32).